The smallest absolute Gasteiger partial charge is 0.0830 e. The van der Waals surface area contributed by atoms with E-state index in [0.717, 1.165) is 52.4 Å². The highest BCUT2D eigenvalue weighted by atomic mass is 16.5. The van der Waals surface area contributed by atoms with Crippen LogP contribution in [-0.4, -0.2) is 74.4 Å². The first kappa shape index (κ1) is 23.0. The Morgan fingerprint density at radius 3 is 2.07 bits per heavy atom. The quantitative estimate of drug-likeness (QED) is 0.438. The van der Waals surface area contributed by atoms with E-state index in [9.17, 15) is 0 Å². The summed E-state index contributed by atoms with van der Waals surface area (Å²) in [5, 5.41) is 0. The van der Waals surface area contributed by atoms with Crippen molar-refractivity contribution in [3.63, 3.8) is 0 Å². The van der Waals surface area contributed by atoms with Crippen LogP contribution in [0.4, 0.5) is 0 Å². The van der Waals surface area contributed by atoms with E-state index < -0.39 is 0 Å². The average molecular weight is 424 g/mol. The molecule has 0 aromatic rings. The molecule has 30 heavy (non-hydrogen) atoms. The Kier molecular flexibility index (Phi) is 6.61. The fourth-order valence-corrected chi connectivity index (χ4v) is 5.97. The first-order valence-corrected chi connectivity index (χ1v) is 12.3. The maximum Gasteiger partial charge on any atom is 0.0830 e. The summed E-state index contributed by atoms with van der Waals surface area (Å²) in [5.41, 5.74) is 0.893. The van der Waals surface area contributed by atoms with Crippen LogP contribution in [0.3, 0.4) is 0 Å². The second-order valence-corrected chi connectivity index (χ2v) is 12.3. The second-order valence-electron chi connectivity index (χ2n) is 12.3. The minimum absolute atomic E-state index is 0.0362. The summed E-state index contributed by atoms with van der Waals surface area (Å²) >= 11 is 0. The van der Waals surface area contributed by atoms with Crippen LogP contribution in [0.2, 0.25) is 0 Å². The van der Waals surface area contributed by atoms with Crippen LogP contribution in [0.25, 0.3) is 0 Å². The van der Waals surface area contributed by atoms with Gasteiger partial charge in [-0.25, -0.2) is 0 Å². The van der Waals surface area contributed by atoms with Gasteiger partial charge in [-0.1, -0.05) is 13.8 Å². The van der Waals surface area contributed by atoms with E-state index >= 15 is 0 Å². The molecule has 5 rings (SSSR count). The molecule has 5 aliphatic rings. The second kappa shape index (κ2) is 8.62. The highest BCUT2D eigenvalue weighted by Crippen LogP contribution is 2.73. The molecule has 0 amide bonds. The van der Waals surface area contributed by atoms with E-state index in [-0.39, 0.29) is 5.60 Å². The fraction of sp³-hybridized carbons (Fsp3) is 1.00. The predicted molar refractivity (Wildman–Crippen MR) is 119 cm³/mol. The number of likely N-dealkylation sites (tertiary alicyclic amines) is 1. The first-order chi connectivity index (χ1) is 14.1. The van der Waals surface area contributed by atoms with Crippen LogP contribution >= 0.6 is 0 Å². The van der Waals surface area contributed by atoms with E-state index in [1.165, 1.54) is 19.3 Å². The lowest BCUT2D eigenvalue weighted by atomic mass is 9.35. The maximum atomic E-state index is 6.20. The molecule has 0 aromatic carbocycles. The molecule has 1 atom stereocenters. The third-order valence-electron chi connectivity index (χ3n) is 7.85. The molecule has 4 saturated carbocycles. The normalized spacial score (nSPS) is 37.3. The van der Waals surface area contributed by atoms with Crippen LogP contribution in [0.1, 0.15) is 73.6 Å². The molecule has 0 spiro atoms. The lowest BCUT2D eigenvalue weighted by Gasteiger charge is -2.70. The summed E-state index contributed by atoms with van der Waals surface area (Å²) in [7, 11) is 0. The zero-order chi connectivity index (χ0) is 21.6. The summed E-state index contributed by atoms with van der Waals surface area (Å²) in [6, 6.07) is 0.657. The van der Waals surface area contributed by atoms with Gasteiger partial charge in [0.05, 0.1) is 50.3 Å². The van der Waals surface area contributed by atoms with Crippen molar-refractivity contribution >= 4 is 0 Å². The molecule has 5 heteroatoms. The van der Waals surface area contributed by atoms with E-state index in [0.29, 0.717) is 41.1 Å². The molecule has 1 heterocycles. The van der Waals surface area contributed by atoms with Gasteiger partial charge in [-0.3, -0.25) is 4.90 Å². The lowest BCUT2D eigenvalue weighted by Crippen LogP contribution is -2.66. The van der Waals surface area contributed by atoms with Gasteiger partial charge in [0.25, 0.3) is 0 Å². The third kappa shape index (κ3) is 5.23. The summed E-state index contributed by atoms with van der Waals surface area (Å²) in [6.07, 6.45) is 7.23. The van der Waals surface area contributed by atoms with Crippen molar-refractivity contribution in [1.82, 2.24) is 4.90 Å². The lowest BCUT2D eigenvalue weighted by molar-refractivity contribution is -0.267. The van der Waals surface area contributed by atoms with Gasteiger partial charge in [0.1, 0.15) is 0 Å². The van der Waals surface area contributed by atoms with Gasteiger partial charge < -0.3 is 18.9 Å². The molecular formula is C25H45NO4. The third-order valence-corrected chi connectivity index (χ3v) is 7.85. The van der Waals surface area contributed by atoms with E-state index in [1.54, 1.807) is 0 Å². The molecule has 174 valence electrons. The molecule has 0 unspecified atom stereocenters. The number of hydrogen-bond acceptors (Lipinski definition) is 5. The Balaban J connectivity index is 0.986. The molecule has 0 radical (unpaired) electrons. The highest BCUT2D eigenvalue weighted by Gasteiger charge is 2.67. The van der Waals surface area contributed by atoms with Gasteiger partial charge in [0, 0.05) is 19.1 Å². The molecule has 1 aliphatic heterocycles. The summed E-state index contributed by atoms with van der Waals surface area (Å²) in [5.74, 6) is 0.712. The van der Waals surface area contributed by atoms with Crippen molar-refractivity contribution in [2.24, 2.45) is 16.7 Å². The van der Waals surface area contributed by atoms with Crippen LogP contribution in [-0.2, 0) is 18.9 Å². The molecule has 2 bridgehead atoms. The van der Waals surface area contributed by atoms with Crippen molar-refractivity contribution in [3.8, 4) is 0 Å². The van der Waals surface area contributed by atoms with Crippen molar-refractivity contribution in [1.29, 1.82) is 0 Å². The SMILES string of the molecule is CC(C)[C@@H](C)N1CC(OCCOCC23CC(COC4CC(OC(C)(C)C)C4)(C2)C3)C1. The minimum atomic E-state index is -0.0362. The Hall–Kier alpha value is -0.200. The number of ether oxygens (including phenoxy) is 4. The van der Waals surface area contributed by atoms with Crippen molar-refractivity contribution in [3.05, 3.63) is 0 Å². The Morgan fingerprint density at radius 1 is 0.833 bits per heavy atom. The first-order valence-electron chi connectivity index (χ1n) is 12.3. The van der Waals surface area contributed by atoms with E-state index in [4.69, 9.17) is 18.9 Å². The monoisotopic (exact) mass is 423 g/mol. The fourth-order valence-electron chi connectivity index (χ4n) is 5.97. The van der Waals surface area contributed by atoms with Crippen LogP contribution in [0.15, 0.2) is 0 Å². The number of rotatable bonds is 12. The van der Waals surface area contributed by atoms with Crippen molar-refractivity contribution in [2.45, 2.75) is 104 Å². The molecule has 0 aromatic heterocycles. The van der Waals surface area contributed by atoms with E-state index in [2.05, 4.69) is 46.4 Å². The highest BCUT2D eigenvalue weighted by molar-refractivity contribution is 5.17. The Labute approximate surface area is 184 Å². The Morgan fingerprint density at radius 2 is 1.47 bits per heavy atom. The van der Waals surface area contributed by atoms with E-state index in [1.807, 2.05) is 0 Å². The molecule has 0 N–H and O–H groups in total. The maximum absolute atomic E-state index is 6.20. The predicted octanol–water partition coefficient (Wildman–Crippen LogP) is 4.28. The summed E-state index contributed by atoms with van der Waals surface area (Å²) in [6.45, 7) is 18.8. The van der Waals surface area contributed by atoms with Crippen LogP contribution in [0, 0.1) is 16.7 Å². The molecule has 5 fully saturated rings. The molecular weight excluding hydrogens is 378 g/mol. The van der Waals surface area contributed by atoms with Gasteiger partial charge in [0.2, 0.25) is 0 Å². The minimum Gasteiger partial charge on any atom is -0.378 e. The van der Waals surface area contributed by atoms with Gasteiger partial charge in [-0.2, -0.15) is 0 Å². The average Bonchev–Trinajstić information content (AvgIpc) is 2.51. The zero-order valence-corrected chi connectivity index (χ0v) is 20.2. The topological polar surface area (TPSA) is 40.2 Å². The van der Waals surface area contributed by atoms with Gasteiger partial charge in [0.15, 0.2) is 0 Å². The molecule has 4 aliphatic carbocycles. The van der Waals surface area contributed by atoms with Gasteiger partial charge >= 0.3 is 0 Å². The van der Waals surface area contributed by atoms with Gasteiger partial charge in [-0.15, -0.1) is 0 Å². The zero-order valence-electron chi connectivity index (χ0n) is 20.2. The summed E-state index contributed by atoms with van der Waals surface area (Å²) in [4.78, 5) is 2.51. The molecule has 5 nitrogen and oxygen atoms in total. The van der Waals surface area contributed by atoms with Crippen LogP contribution < -0.4 is 0 Å². The summed E-state index contributed by atoms with van der Waals surface area (Å²) < 4.78 is 24.1. The van der Waals surface area contributed by atoms with Crippen molar-refractivity contribution < 1.29 is 18.9 Å². The largest absolute Gasteiger partial charge is 0.378 e. The van der Waals surface area contributed by atoms with Crippen molar-refractivity contribution in [2.75, 3.05) is 39.5 Å². The standard InChI is InChI=1S/C25H45NO4/c1-18(2)19(3)26-11-22(12-26)28-8-7-27-16-24-13-25(14-24,15-24)17-29-20-9-21(10-20)30-23(4,5)6/h18-22H,7-17H2,1-6H3/t19-,20?,21?,24?,25?/m1/s1. The van der Waals surface area contributed by atoms with Gasteiger partial charge in [-0.05, 0) is 76.5 Å². The number of hydrogen-bond donors (Lipinski definition) is 0. The number of nitrogens with zero attached hydrogens (tertiary/aromatic N) is 1. The van der Waals surface area contributed by atoms with Crippen LogP contribution in [0.5, 0.6) is 0 Å². The Bertz CT molecular complexity index is 554. The molecule has 1 saturated heterocycles.